The first-order chi connectivity index (χ1) is 8.14. The molecular weight excluding hydrogens is 270 g/mol. The van der Waals surface area contributed by atoms with Crippen molar-refractivity contribution < 1.29 is 35.5 Å². The van der Waals surface area contributed by atoms with Crippen molar-refractivity contribution in [2.24, 2.45) is 0 Å². The van der Waals surface area contributed by atoms with E-state index in [0.29, 0.717) is 0 Å². The molecule has 18 heavy (non-hydrogen) atoms. The molecule has 0 spiro atoms. The monoisotopic (exact) mass is 278 g/mol. The van der Waals surface area contributed by atoms with Crippen LogP contribution in [0.4, 0.5) is 26.3 Å². The quantitative estimate of drug-likeness (QED) is 0.858. The van der Waals surface area contributed by atoms with E-state index in [0.717, 1.165) is 6.26 Å². The number of rotatable bonds is 4. The Morgan fingerprint density at radius 3 is 2.28 bits per heavy atom. The van der Waals surface area contributed by atoms with Gasteiger partial charge in [-0.25, -0.2) is 0 Å². The predicted octanol–water partition coefficient (Wildman–Crippen LogP) is 2.27. The third-order valence-corrected chi connectivity index (χ3v) is 1.70. The van der Waals surface area contributed by atoms with Crippen molar-refractivity contribution in [1.29, 1.82) is 0 Å². The summed E-state index contributed by atoms with van der Waals surface area (Å²) in [6.07, 6.45) is -15.4. The van der Waals surface area contributed by atoms with E-state index >= 15 is 0 Å². The number of halogens is 6. The maximum Gasteiger partial charge on any atom is 0.434 e. The van der Waals surface area contributed by atoms with Gasteiger partial charge in [-0.3, -0.25) is 0 Å². The van der Waals surface area contributed by atoms with Crippen LogP contribution in [0.5, 0.6) is 6.08 Å². The summed E-state index contributed by atoms with van der Waals surface area (Å²) in [7, 11) is 1.52. The van der Waals surface area contributed by atoms with Gasteiger partial charge in [0, 0.05) is 6.54 Å². The van der Waals surface area contributed by atoms with Crippen LogP contribution in [0.2, 0.25) is 0 Å². The molecule has 4 nitrogen and oxygen atoms in total. The number of alkyl halides is 6. The van der Waals surface area contributed by atoms with Crippen LogP contribution in [-0.4, -0.2) is 30.5 Å². The molecule has 1 aromatic rings. The summed E-state index contributed by atoms with van der Waals surface area (Å²) in [4.78, 5) is 3.32. The summed E-state index contributed by atoms with van der Waals surface area (Å²) in [5.41, 5.74) is 0.121. The minimum absolute atomic E-state index is 0.121. The molecule has 0 unspecified atom stereocenters. The first-order valence-corrected chi connectivity index (χ1v) is 4.53. The molecule has 0 saturated carbocycles. The molecule has 0 aliphatic rings. The molecule has 0 fully saturated rings. The van der Waals surface area contributed by atoms with Crippen LogP contribution in [0, 0.1) is 0 Å². The Kier molecular flexibility index (Phi) is 4.09. The smallest absolute Gasteiger partial charge is 0.427 e. The van der Waals surface area contributed by atoms with E-state index in [2.05, 4.69) is 19.5 Å². The number of hydrogen-bond acceptors (Lipinski definition) is 4. The Labute approximate surface area is 96.9 Å². The molecule has 0 aromatic carbocycles. The van der Waals surface area contributed by atoms with Crippen LogP contribution in [0.15, 0.2) is 10.7 Å². The van der Waals surface area contributed by atoms with Crippen molar-refractivity contribution in [2.45, 2.75) is 25.0 Å². The first-order valence-electron chi connectivity index (χ1n) is 4.53. The Bertz CT molecular complexity index is 372. The van der Waals surface area contributed by atoms with Gasteiger partial charge >= 0.3 is 18.4 Å². The number of hydrogen-bond donors (Lipinski definition) is 1. The normalized spacial score (nSPS) is 13.1. The van der Waals surface area contributed by atoms with E-state index in [1.165, 1.54) is 7.05 Å². The number of aromatic nitrogens is 1. The summed E-state index contributed by atoms with van der Waals surface area (Å²) >= 11 is 0. The average Bonchev–Trinajstić information content (AvgIpc) is 2.59. The van der Waals surface area contributed by atoms with Gasteiger partial charge in [0.15, 0.2) is 0 Å². The Morgan fingerprint density at radius 2 is 1.83 bits per heavy atom. The summed E-state index contributed by atoms with van der Waals surface area (Å²) in [6.45, 7) is 0.121. The van der Waals surface area contributed by atoms with Crippen molar-refractivity contribution in [2.75, 3.05) is 7.05 Å². The second-order valence-corrected chi connectivity index (χ2v) is 3.22. The lowest BCUT2D eigenvalue weighted by molar-refractivity contribution is -0.303. The fraction of sp³-hybridized carbons (Fsp3) is 0.625. The maximum absolute atomic E-state index is 12.1. The Hall–Kier alpha value is -1.45. The minimum Gasteiger partial charge on any atom is -0.427 e. The minimum atomic E-state index is -5.60. The highest BCUT2D eigenvalue weighted by molar-refractivity contribution is 5.00. The lowest BCUT2D eigenvalue weighted by Gasteiger charge is -2.21. The molecule has 1 aromatic heterocycles. The first kappa shape index (κ1) is 14.6. The van der Waals surface area contributed by atoms with Gasteiger partial charge in [0.2, 0.25) is 0 Å². The number of ether oxygens (including phenoxy) is 1. The van der Waals surface area contributed by atoms with Gasteiger partial charge in [0.1, 0.15) is 6.26 Å². The number of nitrogens with zero attached hydrogens (tertiary/aromatic N) is 1. The SMILES string of the molecule is CNCc1coc(OC(C(F)(F)F)C(F)(F)F)n1. The lowest BCUT2D eigenvalue weighted by Crippen LogP contribution is -2.46. The van der Waals surface area contributed by atoms with Gasteiger partial charge in [-0.1, -0.05) is 0 Å². The highest BCUT2D eigenvalue weighted by Gasteiger charge is 2.59. The van der Waals surface area contributed by atoms with Gasteiger partial charge in [-0.2, -0.15) is 31.3 Å². The van der Waals surface area contributed by atoms with Crippen molar-refractivity contribution in [1.82, 2.24) is 10.3 Å². The molecule has 0 aliphatic carbocycles. The average molecular weight is 278 g/mol. The third kappa shape index (κ3) is 3.79. The standard InChI is InChI=1S/C8H8F6N2O2/c1-15-2-4-3-17-6(16-4)18-5(7(9,10)11)8(12,13)14/h3,5,15H,2H2,1H3. The second kappa shape index (κ2) is 5.04. The van der Waals surface area contributed by atoms with Crippen LogP contribution in [0.1, 0.15) is 5.69 Å². The summed E-state index contributed by atoms with van der Waals surface area (Å²) < 4.78 is 80.9. The van der Waals surface area contributed by atoms with Crippen LogP contribution in [0.25, 0.3) is 0 Å². The molecule has 1 heterocycles. The van der Waals surface area contributed by atoms with Crippen molar-refractivity contribution >= 4 is 0 Å². The molecule has 0 aliphatic heterocycles. The summed E-state index contributed by atoms with van der Waals surface area (Å²) in [5, 5.41) is 2.59. The Morgan fingerprint density at radius 1 is 1.28 bits per heavy atom. The topological polar surface area (TPSA) is 47.3 Å². The van der Waals surface area contributed by atoms with Gasteiger partial charge < -0.3 is 14.5 Å². The van der Waals surface area contributed by atoms with Crippen LogP contribution in [0.3, 0.4) is 0 Å². The van der Waals surface area contributed by atoms with Crippen LogP contribution < -0.4 is 10.1 Å². The molecule has 104 valence electrons. The third-order valence-electron chi connectivity index (χ3n) is 1.70. The molecule has 0 radical (unpaired) electrons. The largest absolute Gasteiger partial charge is 0.434 e. The van der Waals surface area contributed by atoms with E-state index in [1.807, 2.05) is 0 Å². The molecule has 1 rings (SSSR count). The molecule has 0 atom stereocenters. The fourth-order valence-corrected chi connectivity index (χ4v) is 1.02. The number of oxazole rings is 1. The molecule has 0 amide bonds. The highest BCUT2D eigenvalue weighted by atomic mass is 19.4. The molecular formula is C8H8F6N2O2. The van der Waals surface area contributed by atoms with E-state index < -0.39 is 24.5 Å². The predicted molar refractivity (Wildman–Crippen MR) is 45.8 cm³/mol. The zero-order valence-electron chi connectivity index (χ0n) is 8.89. The van der Waals surface area contributed by atoms with Crippen LogP contribution >= 0.6 is 0 Å². The number of nitrogens with one attached hydrogen (secondary N) is 1. The van der Waals surface area contributed by atoms with E-state index in [9.17, 15) is 26.3 Å². The summed E-state index contributed by atoms with van der Waals surface area (Å²) in [5.74, 6) is 0. The highest BCUT2D eigenvalue weighted by Crippen LogP contribution is 2.36. The molecule has 0 saturated heterocycles. The van der Waals surface area contributed by atoms with Gasteiger partial charge in [-0.15, -0.1) is 0 Å². The fourth-order valence-electron chi connectivity index (χ4n) is 1.02. The van der Waals surface area contributed by atoms with E-state index in [1.54, 1.807) is 0 Å². The zero-order valence-corrected chi connectivity index (χ0v) is 8.89. The van der Waals surface area contributed by atoms with Crippen molar-refractivity contribution in [3.63, 3.8) is 0 Å². The van der Waals surface area contributed by atoms with E-state index in [-0.39, 0.29) is 12.2 Å². The molecule has 1 N–H and O–H groups in total. The molecule has 10 heteroatoms. The molecule has 0 bridgehead atoms. The lowest BCUT2D eigenvalue weighted by atomic mass is 10.3. The van der Waals surface area contributed by atoms with Gasteiger partial charge in [-0.05, 0) is 7.05 Å². The van der Waals surface area contributed by atoms with Crippen molar-refractivity contribution in [3.8, 4) is 6.08 Å². The van der Waals surface area contributed by atoms with Gasteiger partial charge in [0.05, 0.1) is 5.69 Å². The maximum atomic E-state index is 12.1. The van der Waals surface area contributed by atoms with E-state index in [4.69, 9.17) is 0 Å². The van der Waals surface area contributed by atoms with Gasteiger partial charge in [0.25, 0.3) is 6.10 Å². The second-order valence-electron chi connectivity index (χ2n) is 3.22. The Balaban J connectivity index is 2.83. The summed E-state index contributed by atoms with van der Waals surface area (Å²) in [6, 6.07) is 0. The van der Waals surface area contributed by atoms with Crippen LogP contribution in [-0.2, 0) is 6.54 Å². The van der Waals surface area contributed by atoms with Crippen molar-refractivity contribution in [3.05, 3.63) is 12.0 Å². The zero-order chi connectivity index (χ0) is 14.0.